The Bertz CT molecular complexity index is 488. The average Bonchev–Trinajstić information content (AvgIpc) is 2.70. The lowest BCUT2D eigenvalue weighted by atomic mass is 10.2. The van der Waals surface area contributed by atoms with Gasteiger partial charge in [0.2, 0.25) is 0 Å². The molecule has 0 saturated heterocycles. The summed E-state index contributed by atoms with van der Waals surface area (Å²) >= 11 is 10.2. The van der Waals surface area contributed by atoms with Crippen LogP contribution in [-0.2, 0) is 0 Å². The van der Waals surface area contributed by atoms with Crippen LogP contribution in [0.25, 0.3) is 0 Å². The minimum atomic E-state index is 0.0242. The summed E-state index contributed by atoms with van der Waals surface area (Å²) in [6.07, 6.45) is 0. The van der Waals surface area contributed by atoms with Crippen molar-refractivity contribution in [3.05, 3.63) is 42.8 Å². The number of hydrogen-bond donors (Lipinski definition) is 0. The quantitative estimate of drug-likeness (QED) is 0.644. The number of rotatable bonds is 2. The van der Waals surface area contributed by atoms with Gasteiger partial charge in [-0.2, -0.15) is 0 Å². The van der Waals surface area contributed by atoms with E-state index in [4.69, 9.17) is 11.6 Å². The van der Waals surface area contributed by atoms with Gasteiger partial charge in [0.05, 0.1) is 0 Å². The summed E-state index contributed by atoms with van der Waals surface area (Å²) in [5.74, 6) is 0. The maximum atomic E-state index is 6.56. The lowest BCUT2D eigenvalue weighted by Gasteiger charge is -2.05. The molecule has 0 aliphatic rings. The van der Waals surface area contributed by atoms with Crippen LogP contribution in [0.15, 0.2) is 12.1 Å². The summed E-state index contributed by atoms with van der Waals surface area (Å²) in [5, 5.41) is 0.0242. The molecule has 1 atom stereocenters. The van der Waals surface area contributed by atoms with Crippen LogP contribution in [-0.4, -0.2) is 0 Å². The van der Waals surface area contributed by atoms with E-state index in [-0.39, 0.29) is 5.38 Å². The van der Waals surface area contributed by atoms with Crippen molar-refractivity contribution in [2.24, 2.45) is 0 Å². The second-order valence-corrected chi connectivity index (χ2v) is 7.17. The van der Waals surface area contributed by atoms with Crippen LogP contribution in [0, 0.1) is 27.7 Å². The van der Waals surface area contributed by atoms with Gasteiger partial charge in [0.1, 0.15) is 5.38 Å². The fraction of sp³-hybridized carbons (Fsp3) is 0.385. The van der Waals surface area contributed by atoms with Gasteiger partial charge in [-0.25, -0.2) is 0 Å². The Hall–Kier alpha value is -0.310. The Morgan fingerprint density at radius 2 is 1.69 bits per heavy atom. The largest absolute Gasteiger partial charge is 0.143 e. The summed E-state index contributed by atoms with van der Waals surface area (Å²) in [6.45, 7) is 8.57. The molecule has 0 aliphatic heterocycles. The summed E-state index contributed by atoms with van der Waals surface area (Å²) < 4.78 is 0. The molecule has 2 rings (SSSR count). The van der Waals surface area contributed by atoms with Crippen molar-refractivity contribution in [2.45, 2.75) is 33.1 Å². The van der Waals surface area contributed by atoms with E-state index in [1.165, 1.54) is 30.6 Å². The molecular weight excluding hydrogens is 256 g/mol. The van der Waals surface area contributed by atoms with Gasteiger partial charge in [-0.15, -0.1) is 34.3 Å². The third-order valence-corrected chi connectivity index (χ3v) is 5.89. The second-order valence-electron chi connectivity index (χ2n) is 4.15. The van der Waals surface area contributed by atoms with E-state index in [0.717, 1.165) is 0 Å². The zero-order valence-electron chi connectivity index (χ0n) is 9.93. The molecule has 0 radical (unpaired) electrons. The molecule has 16 heavy (non-hydrogen) atoms. The van der Waals surface area contributed by atoms with E-state index >= 15 is 0 Å². The third-order valence-electron chi connectivity index (χ3n) is 2.74. The molecule has 0 spiro atoms. The number of aryl methyl sites for hydroxylation is 4. The van der Waals surface area contributed by atoms with Crippen LogP contribution >= 0.6 is 34.3 Å². The van der Waals surface area contributed by atoms with Gasteiger partial charge in [0.25, 0.3) is 0 Å². The maximum absolute atomic E-state index is 6.56. The van der Waals surface area contributed by atoms with Gasteiger partial charge in [0, 0.05) is 19.5 Å². The molecule has 0 saturated carbocycles. The Morgan fingerprint density at radius 1 is 1.00 bits per heavy atom. The fourth-order valence-corrected chi connectivity index (χ4v) is 4.41. The molecule has 0 amide bonds. The monoisotopic (exact) mass is 270 g/mol. The molecule has 86 valence electrons. The highest BCUT2D eigenvalue weighted by Crippen LogP contribution is 2.40. The Morgan fingerprint density at radius 3 is 2.12 bits per heavy atom. The van der Waals surface area contributed by atoms with Crippen molar-refractivity contribution in [1.82, 2.24) is 0 Å². The van der Waals surface area contributed by atoms with Gasteiger partial charge < -0.3 is 0 Å². The SMILES string of the molecule is Cc1cc(C)c(C(Cl)c2cc(C)c(C)s2)s1. The Labute approximate surface area is 110 Å². The van der Waals surface area contributed by atoms with Crippen molar-refractivity contribution in [3.8, 4) is 0 Å². The lowest BCUT2D eigenvalue weighted by Crippen LogP contribution is -1.87. The van der Waals surface area contributed by atoms with E-state index in [1.54, 1.807) is 0 Å². The standard InChI is InChI=1S/C13H15ClS2/c1-7-6-11(16-10(7)4)12(14)13-8(2)5-9(3)15-13/h5-6,12H,1-4H3. The second kappa shape index (κ2) is 4.52. The number of halogens is 1. The van der Waals surface area contributed by atoms with Gasteiger partial charge in [-0.3, -0.25) is 0 Å². The van der Waals surface area contributed by atoms with Crippen LogP contribution in [0.5, 0.6) is 0 Å². The number of hydrogen-bond acceptors (Lipinski definition) is 2. The maximum Gasteiger partial charge on any atom is 0.102 e. The van der Waals surface area contributed by atoms with E-state index in [1.807, 2.05) is 22.7 Å². The van der Waals surface area contributed by atoms with Crippen LogP contribution in [0.2, 0.25) is 0 Å². The van der Waals surface area contributed by atoms with Gasteiger partial charge in [-0.1, -0.05) is 0 Å². The minimum Gasteiger partial charge on any atom is -0.143 e. The zero-order chi connectivity index (χ0) is 11.9. The van der Waals surface area contributed by atoms with Crippen molar-refractivity contribution in [1.29, 1.82) is 0 Å². The first kappa shape index (κ1) is 12.2. The summed E-state index contributed by atoms with van der Waals surface area (Å²) in [5.41, 5.74) is 2.66. The Balaban J connectivity index is 2.38. The molecule has 0 N–H and O–H groups in total. The van der Waals surface area contributed by atoms with E-state index < -0.39 is 0 Å². The van der Waals surface area contributed by atoms with Crippen LogP contribution in [0.4, 0.5) is 0 Å². The minimum absolute atomic E-state index is 0.0242. The number of alkyl halides is 1. The summed E-state index contributed by atoms with van der Waals surface area (Å²) in [4.78, 5) is 5.26. The highest BCUT2D eigenvalue weighted by atomic mass is 35.5. The van der Waals surface area contributed by atoms with Gasteiger partial charge in [0.15, 0.2) is 0 Å². The normalized spacial score (nSPS) is 13.1. The van der Waals surface area contributed by atoms with Crippen LogP contribution < -0.4 is 0 Å². The highest BCUT2D eigenvalue weighted by molar-refractivity contribution is 7.14. The first-order valence-electron chi connectivity index (χ1n) is 5.27. The molecule has 2 aromatic rings. The molecule has 1 unspecified atom stereocenters. The van der Waals surface area contributed by atoms with E-state index in [0.29, 0.717) is 0 Å². The number of thiophene rings is 2. The predicted molar refractivity (Wildman–Crippen MR) is 75.3 cm³/mol. The van der Waals surface area contributed by atoms with Crippen molar-refractivity contribution in [3.63, 3.8) is 0 Å². The summed E-state index contributed by atoms with van der Waals surface area (Å²) in [6, 6.07) is 4.43. The van der Waals surface area contributed by atoms with Crippen molar-refractivity contribution >= 4 is 34.3 Å². The molecule has 0 aliphatic carbocycles. The molecular formula is C13H15ClS2. The van der Waals surface area contributed by atoms with E-state index in [2.05, 4.69) is 39.8 Å². The molecule has 3 heteroatoms. The molecule has 0 fully saturated rings. The van der Waals surface area contributed by atoms with Crippen LogP contribution in [0.1, 0.15) is 36.0 Å². The Kier molecular flexibility index (Phi) is 3.43. The third kappa shape index (κ3) is 2.20. The average molecular weight is 271 g/mol. The van der Waals surface area contributed by atoms with E-state index in [9.17, 15) is 0 Å². The van der Waals surface area contributed by atoms with Gasteiger partial charge in [-0.05, 0) is 51.0 Å². The molecule has 0 aromatic carbocycles. The molecule has 2 aromatic heterocycles. The highest BCUT2D eigenvalue weighted by Gasteiger charge is 2.18. The molecule has 2 heterocycles. The first-order valence-corrected chi connectivity index (χ1v) is 7.34. The van der Waals surface area contributed by atoms with Gasteiger partial charge >= 0.3 is 0 Å². The fourth-order valence-electron chi connectivity index (χ4n) is 1.77. The zero-order valence-corrected chi connectivity index (χ0v) is 12.3. The molecule has 0 bridgehead atoms. The summed E-state index contributed by atoms with van der Waals surface area (Å²) in [7, 11) is 0. The lowest BCUT2D eigenvalue weighted by molar-refractivity contribution is 1.20. The first-order chi connectivity index (χ1) is 7.49. The smallest absolute Gasteiger partial charge is 0.102 e. The topological polar surface area (TPSA) is 0 Å². The van der Waals surface area contributed by atoms with Crippen LogP contribution in [0.3, 0.4) is 0 Å². The van der Waals surface area contributed by atoms with Crippen molar-refractivity contribution in [2.75, 3.05) is 0 Å². The van der Waals surface area contributed by atoms with Crippen molar-refractivity contribution < 1.29 is 0 Å². The molecule has 0 nitrogen and oxygen atoms in total. The predicted octanol–water partition coefficient (Wildman–Crippen LogP) is 5.37.